The highest BCUT2D eigenvalue weighted by Crippen LogP contribution is 2.23. The maximum atomic E-state index is 4.17. The zero-order valence-corrected chi connectivity index (χ0v) is 10.3. The summed E-state index contributed by atoms with van der Waals surface area (Å²) in [6.07, 6.45) is 0. The number of aryl methyl sites for hydroxylation is 2. The van der Waals surface area contributed by atoms with Gasteiger partial charge in [0.1, 0.15) is 0 Å². The standard InChI is InChI=1S/C12H21N3/c1-6-13-12(8(2)3)11-7-9(4)14-15-10(11)5/h7-8,12-13H,6H2,1-5H3. The summed E-state index contributed by atoms with van der Waals surface area (Å²) in [5.74, 6) is 0.562. The molecule has 0 spiro atoms. The molecular weight excluding hydrogens is 186 g/mol. The van der Waals surface area contributed by atoms with Gasteiger partial charge in [-0.2, -0.15) is 10.2 Å². The van der Waals surface area contributed by atoms with Gasteiger partial charge in [-0.05, 0) is 37.9 Å². The molecule has 0 fully saturated rings. The van der Waals surface area contributed by atoms with E-state index in [1.165, 1.54) is 5.56 Å². The Morgan fingerprint density at radius 3 is 2.47 bits per heavy atom. The van der Waals surface area contributed by atoms with Gasteiger partial charge in [-0.3, -0.25) is 0 Å². The summed E-state index contributed by atoms with van der Waals surface area (Å²) in [6, 6.07) is 2.51. The normalized spacial score (nSPS) is 13.2. The average molecular weight is 207 g/mol. The minimum absolute atomic E-state index is 0.379. The number of hydrogen-bond donors (Lipinski definition) is 1. The lowest BCUT2D eigenvalue weighted by Gasteiger charge is -2.23. The van der Waals surface area contributed by atoms with Crippen LogP contribution in [0.25, 0.3) is 0 Å². The molecule has 84 valence electrons. The molecule has 0 aromatic carbocycles. The summed E-state index contributed by atoms with van der Waals surface area (Å²) in [5.41, 5.74) is 3.29. The topological polar surface area (TPSA) is 37.8 Å². The molecule has 0 aliphatic heterocycles. The predicted molar refractivity (Wildman–Crippen MR) is 62.8 cm³/mol. The molecule has 1 heterocycles. The quantitative estimate of drug-likeness (QED) is 0.824. The first-order valence-corrected chi connectivity index (χ1v) is 5.60. The predicted octanol–water partition coefficient (Wildman–Crippen LogP) is 2.40. The Kier molecular flexibility index (Phi) is 4.21. The van der Waals surface area contributed by atoms with Crippen molar-refractivity contribution in [1.29, 1.82) is 0 Å². The van der Waals surface area contributed by atoms with E-state index in [9.17, 15) is 0 Å². The summed E-state index contributed by atoms with van der Waals surface area (Å²) >= 11 is 0. The monoisotopic (exact) mass is 207 g/mol. The molecule has 1 atom stereocenters. The molecule has 3 nitrogen and oxygen atoms in total. The number of aromatic nitrogens is 2. The Morgan fingerprint density at radius 2 is 1.93 bits per heavy atom. The van der Waals surface area contributed by atoms with Crippen LogP contribution in [0.2, 0.25) is 0 Å². The smallest absolute Gasteiger partial charge is 0.0648 e. The Hall–Kier alpha value is -0.960. The van der Waals surface area contributed by atoms with Crippen LogP contribution in [0.4, 0.5) is 0 Å². The molecule has 15 heavy (non-hydrogen) atoms. The molecule has 0 amide bonds. The van der Waals surface area contributed by atoms with Crippen molar-refractivity contribution in [1.82, 2.24) is 15.5 Å². The van der Waals surface area contributed by atoms with Gasteiger partial charge in [0.2, 0.25) is 0 Å². The van der Waals surface area contributed by atoms with Crippen molar-refractivity contribution < 1.29 is 0 Å². The van der Waals surface area contributed by atoms with Crippen molar-refractivity contribution in [2.45, 2.75) is 40.7 Å². The third kappa shape index (κ3) is 2.99. The molecule has 0 aliphatic carbocycles. The van der Waals surface area contributed by atoms with Gasteiger partial charge in [0.25, 0.3) is 0 Å². The van der Waals surface area contributed by atoms with E-state index in [1.54, 1.807) is 0 Å². The van der Waals surface area contributed by atoms with Crippen molar-refractivity contribution in [3.8, 4) is 0 Å². The molecule has 0 radical (unpaired) electrons. The average Bonchev–Trinajstić information content (AvgIpc) is 2.18. The van der Waals surface area contributed by atoms with Crippen LogP contribution in [0.1, 0.15) is 43.8 Å². The van der Waals surface area contributed by atoms with Crippen LogP contribution in [-0.4, -0.2) is 16.7 Å². The fourth-order valence-electron chi connectivity index (χ4n) is 1.81. The van der Waals surface area contributed by atoms with Crippen molar-refractivity contribution >= 4 is 0 Å². The molecule has 1 unspecified atom stereocenters. The van der Waals surface area contributed by atoms with Crippen molar-refractivity contribution in [3.63, 3.8) is 0 Å². The van der Waals surface area contributed by atoms with E-state index in [0.29, 0.717) is 12.0 Å². The number of rotatable bonds is 4. The largest absolute Gasteiger partial charge is 0.310 e. The number of nitrogens with one attached hydrogen (secondary N) is 1. The van der Waals surface area contributed by atoms with Crippen LogP contribution in [0, 0.1) is 19.8 Å². The van der Waals surface area contributed by atoms with Gasteiger partial charge < -0.3 is 5.32 Å². The summed E-state index contributed by atoms with van der Waals surface area (Å²) in [6.45, 7) is 11.6. The van der Waals surface area contributed by atoms with Gasteiger partial charge in [-0.15, -0.1) is 0 Å². The third-order valence-electron chi connectivity index (χ3n) is 2.57. The lowest BCUT2D eigenvalue weighted by atomic mass is 9.95. The Labute approximate surface area is 92.3 Å². The Bertz CT molecular complexity index is 321. The molecule has 0 saturated heterocycles. The number of nitrogens with zero attached hydrogens (tertiary/aromatic N) is 2. The third-order valence-corrected chi connectivity index (χ3v) is 2.57. The SMILES string of the molecule is CCNC(c1cc(C)nnc1C)C(C)C. The highest BCUT2D eigenvalue weighted by Gasteiger charge is 2.17. The Balaban J connectivity index is 3.04. The van der Waals surface area contributed by atoms with E-state index in [0.717, 1.165) is 17.9 Å². The molecule has 3 heteroatoms. The second kappa shape index (κ2) is 5.21. The van der Waals surface area contributed by atoms with Gasteiger partial charge in [0, 0.05) is 6.04 Å². The van der Waals surface area contributed by atoms with Crippen molar-refractivity contribution in [3.05, 3.63) is 23.0 Å². The summed E-state index contributed by atoms with van der Waals surface area (Å²) in [5, 5.41) is 11.7. The zero-order chi connectivity index (χ0) is 11.4. The fraction of sp³-hybridized carbons (Fsp3) is 0.667. The van der Waals surface area contributed by atoms with Crippen LogP contribution >= 0.6 is 0 Å². The summed E-state index contributed by atoms with van der Waals surface area (Å²) in [4.78, 5) is 0. The second-order valence-corrected chi connectivity index (χ2v) is 4.31. The minimum Gasteiger partial charge on any atom is -0.310 e. The van der Waals surface area contributed by atoms with E-state index < -0.39 is 0 Å². The molecule has 0 saturated carbocycles. The van der Waals surface area contributed by atoms with Crippen molar-refractivity contribution in [2.24, 2.45) is 5.92 Å². The molecule has 1 aromatic heterocycles. The minimum atomic E-state index is 0.379. The highest BCUT2D eigenvalue weighted by atomic mass is 15.1. The van der Waals surface area contributed by atoms with E-state index >= 15 is 0 Å². The van der Waals surface area contributed by atoms with Crippen LogP contribution in [0.15, 0.2) is 6.07 Å². The molecular formula is C12H21N3. The lowest BCUT2D eigenvalue weighted by molar-refractivity contribution is 0.417. The van der Waals surface area contributed by atoms with Crippen LogP contribution in [0.5, 0.6) is 0 Å². The van der Waals surface area contributed by atoms with Crippen LogP contribution in [-0.2, 0) is 0 Å². The zero-order valence-electron chi connectivity index (χ0n) is 10.3. The van der Waals surface area contributed by atoms with E-state index in [4.69, 9.17) is 0 Å². The highest BCUT2D eigenvalue weighted by molar-refractivity contribution is 5.24. The van der Waals surface area contributed by atoms with E-state index in [1.807, 2.05) is 13.8 Å². The fourth-order valence-corrected chi connectivity index (χ4v) is 1.81. The van der Waals surface area contributed by atoms with E-state index in [-0.39, 0.29) is 0 Å². The van der Waals surface area contributed by atoms with E-state index in [2.05, 4.69) is 42.4 Å². The Morgan fingerprint density at radius 1 is 1.27 bits per heavy atom. The van der Waals surface area contributed by atoms with Gasteiger partial charge in [-0.25, -0.2) is 0 Å². The molecule has 0 aliphatic rings. The van der Waals surface area contributed by atoms with Crippen molar-refractivity contribution in [2.75, 3.05) is 6.54 Å². The first kappa shape index (κ1) is 12.1. The summed E-state index contributed by atoms with van der Waals surface area (Å²) in [7, 11) is 0. The van der Waals surface area contributed by atoms with Gasteiger partial charge >= 0.3 is 0 Å². The lowest BCUT2D eigenvalue weighted by Crippen LogP contribution is -2.26. The first-order valence-electron chi connectivity index (χ1n) is 5.60. The number of hydrogen-bond acceptors (Lipinski definition) is 3. The second-order valence-electron chi connectivity index (χ2n) is 4.31. The molecule has 1 aromatic rings. The van der Waals surface area contributed by atoms with Gasteiger partial charge in [0.15, 0.2) is 0 Å². The first-order chi connectivity index (χ1) is 7.06. The maximum Gasteiger partial charge on any atom is 0.0648 e. The molecule has 1 N–H and O–H groups in total. The molecule has 0 bridgehead atoms. The maximum absolute atomic E-state index is 4.17. The van der Waals surface area contributed by atoms with Crippen LogP contribution < -0.4 is 5.32 Å². The van der Waals surface area contributed by atoms with Crippen LogP contribution in [0.3, 0.4) is 0 Å². The van der Waals surface area contributed by atoms with Gasteiger partial charge in [-0.1, -0.05) is 20.8 Å². The molecule has 1 rings (SSSR count). The summed E-state index contributed by atoms with van der Waals surface area (Å²) < 4.78 is 0. The van der Waals surface area contributed by atoms with Gasteiger partial charge in [0.05, 0.1) is 11.4 Å².